The first-order valence-electron chi connectivity index (χ1n) is 15.6. The fraction of sp³-hybridized carbons (Fsp3) is 0.333. The minimum absolute atomic E-state index is 0.00692. The fourth-order valence-electron chi connectivity index (χ4n) is 7.04. The van der Waals surface area contributed by atoms with Crippen LogP contribution >= 0.6 is 11.3 Å². The number of nitrogens with two attached hydrogens (primary N) is 1. The molecule has 1 atom stereocenters. The van der Waals surface area contributed by atoms with Crippen molar-refractivity contribution < 1.29 is 14.3 Å². The highest BCUT2D eigenvalue weighted by Crippen LogP contribution is 2.46. The normalized spacial score (nSPS) is 18.2. The quantitative estimate of drug-likeness (QED) is 0.225. The van der Waals surface area contributed by atoms with Gasteiger partial charge in [-0.15, -0.1) is 11.3 Å². The van der Waals surface area contributed by atoms with Crippen LogP contribution in [0, 0.1) is 12.8 Å². The number of hydrogen-bond acceptors (Lipinski definition) is 5. The van der Waals surface area contributed by atoms with E-state index in [9.17, 15) is 9.59 Å². The van der Waals surface area contributed by atoms with Crippen LogP contribution in [0.3, 0.4) is 0 Å². The van der Waals surface area contributed by atoms with E-state index < -0.39 is 0 Å². The van der Waals surface area contributed by atoms with E-state index in [0.717, 1.165) is 64.0 Å². The minimum Gasteiger partial charge on any atom is -0.496 e. The summed E-state index contributed by atoms with van der Waals surface area (Å²) in [5.41, 5.74) is 14.6. The van der Waals surface area contributed by atoms with Crippen molar-refractivity contribution in [3.05, 3.63) is 76.9 Å². The fourth-order valence-corrected chi connectivity index (χ4v) is 8.33. The molecular formula is C36H36N4O3S. The number of rotatable bonds is 6. The van der Waals surface area contributed by atoms with E-state index in [1.54, 1.807) is 18.4 Å². The number of methoxy groups -OCH3 is 1. The van der Waals surface area contributed by atoms with Crippen LogP contribution in [0.25, 0.3) is 42.7 Å². The van der Waals surface area contributed by atoms with Gasteiger partial charge in [-0.2, -0.15) is 0 Å². The standard InChI is InChI=1S/C36H36N4O3S/c1-20-33-31(43-2)15-25(36(42)39-11-3-4-27(37)19-39)16-32(33)44-34(20)30-14-24-8-7-23(13-29(24)40(30)18-21-5-6-21)22-9-10-28-26(12-22)17-38-35(28)41/h7-10,12-16,21,27H,3-6,11,17-19,37H2,1-2H3,(H,38,41). The Labute approximate surface area is 260 Å². The molecule has 3 aliphatic rings. The maximum absolute atomic E-state index is 13.5. The van der Waals surface area contributed by atoms with Crippen molar-refractivity contribution in [2.45, 2.75) is 51.7 Å². The average Bonchev–Trinajstić information content (AvgIpc) is 3.57. The molecule has 4 heterocycles. The van der Waals surface area contributed by atoms with E-state index >= 15 is 0 Å². The number of nitrogens with zero attached hydrogens (tertiary/aromatic N) is 2. The highest BCUT2D eigenvalue weighted by atomic mass is 32.1. The molecule has 7 nitrogen and oxygen atoms in total. The summed E-state index contributed by atoms with van der Waals surface area (Å²) in [6.45, 7) is 5.07. The second-order valence-electron chi connectivity index (χ2n) is 12.7. The zero-order chi connectivity index (χ0) is 30.1. The van der Waals surface area contributed by atoms with Gasteiger partial charge in [0, 0.05) is 64.3 Å². The number of aryl methyl sites for hydroxylation is 1. The van der Waals surface area contributed by atoms with E-state index in [1.807, 2.05) is 23.1 Å². The van der Waals surface area contributed by atoms with Gasteiger partial charge in [-0.05, 0) is 97.2 Å². The van der Waals surface area contributed by atoms with Gasteiger partial charge in [0.15, 0.2) is 0 Å². The summed E-state index contributed by atoms with van der Waals surface area (Å²) >= 11 is 1.74. The lowest BCUT2D eigenvalue weighted by Gasteiger charge is -2.30. The topological polar surface area (TPSA) is 89.6 Å². The number of carbonyl (C=O) groups excluding carboxylic acids is 2. The third kappa shape index (κ3) is 4.59. The SMILES string of the molecule is COc1cc(C(=O)N2CCCC(N)C2)cc2sc(-c3cc4ccc(-c5ccc6c(c5)CNC6=O)cc4n3CC3CC3)c(C)c12. The van der Waals surface area contributed by atoms with Gasteiger partial charge in [0.25, 0.3) is 11.8 Å². The highest BCUT2D eigenvalue weighted by Gasteiger charge is 2.28. The summed E-state index contributed by atoms with van der Waals surface area (Å²) in [6, 6.07) is 19.1. The number of amides is 2. The molecule has 0 spiro atoms. The number of nitrogens with one attached hydrogen (secondary N) is 1. The van der Waals surface area contributed by atoms with Crippen molar-refractivity contribution in [1.82, 2.24) is 14.8 Å². The molecule has 224 valence electrons. The molecule has 0 radical (unpaired) electrons. The Morgan fingerprint density at radius 1 is 1.07 bits per heavy atom. The van der Waals surface area contributed by atoms with Crippen LogP contribution in [0.2, 0.25) is 0 Å². The molecule has 5 aromatic rings. The van der Waals surface area contributed by atoms with E-state index in [4.69, 9.17) is 10.5 Å². The summed E-state index contributed by atoms with van der Waals surface area (Å²) in [6.07, 6.45) is 4.41. The Hall–Kier alpha value is -4.14. The zero-order valence-corrected chi connectivity index (χ0v) is 25.9. The number of fused-ring (bicyclic) bond motifs is 3. The van der Waals surface area contributed by atoms with Crippen LogP contribution in [0.4, 0.5) is 0 Å². The molecule has 8 heteroatoms. The molecular weight excluding hydrogens is 568 g/mol. The Bertz CT molecular complexity index is 1980. The third-order valence-corrected chi connectivity index (χ3v) is 10.9. The number of ether oxygens (including phenoxy) is 1. The van der Waals surface area contributed by atoms with Crippen LogP contribution in [0.5, 0.6) is 5.75 Å². The lowest BCUT2D eigenvalue weighted by atomic mass is 9.99. The smallest absolute Gasteiger partial charge is 0.254 e. The first-order valence-corrected chi connectivity index (χ1v) is 16.4. The summed E-state index contributed by atoms with van der Waals surface area (Å²) in [5, 5.41) is 5.21. The Kier molecular flexibility index (Phi) is 6.54. The molecule has 3 N–H and O–H groups in total. The van der Waals surface area contributed by atoms with Gasteiger partial charge in [-0.1, -0.05) is 18.2 Å². The van der Waals surface area contributed by atoms with E-state index in [2.05, 4.69) is 53.2 Å². The van der Waals surface area contributed by atoms with Crippen molar-refractivity contribution in [2.75, 3.05) is 20.2 Å². The lowest BCUT2D eigenvalue weighted by molar-refractivity contribution is 0.0708. The van der Waals surface area contributed by atoms with Gasteiger partial charge in [-0.3, -0.25) is 9.59 Å². The molecule has 2 aliphatic heterocycles. The molecule has 1 saturated carbocycles. The van der Waals surface area contributed by atoms with Crippen LogP contribution in [0.1, 0.15) is 57.5 Å². The Morgan fingerprint density at radius 2 is 1.89 bits per heavy atom. The second-order valence-corrected chi connectivity index (χ2v) is 13.7. The Morgan fingerprint density at radius 3 is 2.68 bits per heavy atom. The van der Waals surface area contributed by atoms with Crippen molar-refractivity contribution >= 4 is 44.1 Å². The van der Waals surface area contributed by atoms with Crippen molar-refractivity contribution in [1.29, 1.82) is 0 Å². The largest absolute Gasteiger partial charge is 0.496 e. The minimum atomic E-state index is 0.00692. The molecule has 3 aromatic carbocycles. The monoisotopic (exact) mass is 604 g/mol. The maximum atomic E-state index is 13.5. The zero-order valence-electron chi connectivity index (χ0n) is 25.1. The maximum Gasteiger partial charge on any atom is 0.254 e. The molecule has 1 aliphatic carbocycles. The average molecular weight is 605 g/mol. The molecule has 8 rings (SSSR count). The molecule has 1 unspecified atom stereocenters. The number of aromatic nitrogens is 1. The van der Waals surface area contributed by atoms with Crippen LogP contribution < -0.4 is 15.8 Å². The number of carbonyl (C=O) groups is 2. The van der Waals surface area contributed by atoms with Gasteiger partial charge in [-0.25, -0.2) is 0 Å². The third-order valence-electron chi connectivity index (χ3n) is 9.60. The molecule has 44 heavy (non-hydrogen) atoms. The number of likely N-dealkylation sites (tertiary alicyclic amines) is 1. The van der Waals surface area contributed by atoms with Gasteiger partial charge in [0.05, 0.1) is 17.7 Å². The first kappa shape index (κ1) is 27.4. The van der Waals surface area contributed by atoms with Crippen LogP contribution in [0.15, 0.2) is 54.6 Å². The van der Waals surface area contributed by atoms with Crippen LogP contribution in [-0.2, 0) is 13.1 Å². The molecule has 2 aromatic heterocycles. The first-order chi connectivity index (χ1) is 21.4. The molecule has 1 saturated heterocycles. The number of piperidine rings is 1. The predicted octanol–water partition coefficient (Wildman–Crippen LogP) is 6.72. The Balaban J connectivity index is 1.23. The van der Waals surface area contributed by atoms with Gasteiger partial charge in [0.2, 0.25) is 0 Å². The van der Waals surface area contributed by atoms with Crippen molar-refractivity contribution in [2.24, 2.45) is 11.7 Å². The van der Waals surface area contributed by atoms with E-state index in [0.29, 0.717) is 24.6 Å². The van der Waals surface area contributed by atoms with Crippen molar-refractivity contribution in [3.63, 3.8) is 0 Å². The summed E-state index contributed by atoms with van der Waals surface area (Å²) < 4.78 is 9.46. The number of thiophene rings is 1. The molecule has 0 bridgehead atoms. The van der Waals surface area contributed by atoms with Gasteiger partial charge in [0.1, 0.15) is 5.75 Å². The molecule has 2 amide bonds. The predicted molar refractivity (Wildman–Crippen MR) is 176 cm³/mol. The lowest BCUT2D eigenvalue weighted by Crippen LogP contribution is -2.45. The number of hydrogen-bond donors (Lipinski definition) is 2. The van der Waals surface area contributed by atoms with E-state index in [1.165, 1.54) is 39.9 Å². The summed E-state index contributed by atoms with van der Waals surface area (Å²) in [4.78, 5) is 28.7. The van der Waals surface area contributed by atoms with Crippen LogP contribution in [-0.4, -0.2) is 47.5 Å². The van der Waals surface area contributed by atoms with Crippen molar-refractivity contribution in [3.8, 4) is 27.4 Å². The highest BCUT2D eigenvalue weighted by molar-refractivity contribution is 7.22. The van der Waals surface area contributed by atoms with Gasteiger partial charge >= 0.3 is 0 Å². The van der Waals surface area contributed by atoms with Gasteiger partial charge < -0.3 is 25.3 Å². The summed E-state index contributed by atoms with van der Waals surface area (Å²) in [7, 11) is 1.69. The van der Waals surface area contributed by atoms with E-state index in [-0.39, 0.29) is 17.9 Å². The molecule has 2 fully saturated rings. The number of benzene rings is 3. The summed E-state index contributed by atoms with van der Waals surface area (Å²) in [5.74, 6) is 1.46. The second kappa shape index (κ2) is 10.5.